The second-order valence-corrected chi connectivity index (χ2v) is 7.71. The van der Waals surface area contributed by atoms with Gasteiger partial charge in [0.15, 0.2) is 0 Å². The molecular formula is C21H30N2. The molecular weight excluding hydrogens is 280 g/mol. The van der Waals surface area contributed by atoms with Crippen LogP contribution in [0.1, 0.15) is 56.1 Å². The summed E-state index contributed by atoms with van der Waals surface area (Å²) in [6.07, 6.45) is 13.5. The Kier molecular flexibility index (Phi) is 4.43. The van der Waals surface area contributed by atoms with Crippen molar-refractivity contribution in [3.05, 3.63) is 35.5 Å². The Labute approximate surface area is 140 Å². The number of hydrogen-bond acceptors (Lipinski definition) is 1. The van der Waals surface area contributed by atoms with Crippen molar-refractivity contribution < 1.29 is 0 Å². The third-order valence-electron chi connectivity index (χ3n) is 6.25. The van der Waals surface area contributed by atoms with Crippen LogP contribution in [-0.2, 0) is 6.42 Å². The minimum Gasteiger partial charge on any atom is -0.361 e. The smallest absolute Gasteiger partial charge is 0.0459 e. The molecule has 1 aromatic carbocycles. The number of piperidine rings is 1. The summed E-state index contributed by atoms with van der Waals surface area (Å²) >= 11 is 0. The van der Waals surface area contributed by atoms with Crippen molar-refractivity contribution in [1.29, 1.82) is 0 Å². The van der Waals surface area contributed by atoms with Crippen molar-refractivity contribution in [3.8, 4) is 0 Å². The van der Waals surface area contributed by atoms with Crippen molar-refractivity contribution in [2.45, 2.75) is 64.3 Å². The number of nitrogens with zero attached hydrogens (tertiary/aromatic N) is 1. The van der Waals surface area contributed by atoms with Gasteiger partial charge in [-0.15, -0.1) is 0 Å². The number of benzene rings is 1. The van der Waals surface area contributed by atoms with E-state index < -0.39 is 0 Å². The zero-order valence-corrected chi connectivity index (χ0v) is 14.5. The Morgan fingerprint density at radius 1 is 1.13 bits per heavy atom. The molecule has 1 aromatic heterocycles. The van der Waals surface area contributed by atoms with Crippen LogP contribution in [0.25, 0.3) is 10.9 Å². The lowest BCUT2D eigenvalue weighted by molar-refractivity contribution is 0.0602. The minimum atomic E-state index is 0.905. The number of likely N-dealkylation sites (tertiary alicyclic amines) is 1. The second kappa shape index (κ2) is 6.68. The molecule has 0 bridgehead atoms. The normalized spacial score (nSPS) is 25.6. The lowest BCUT2D eigenvalue weighted by Crippen LogP contribution is -2.47. The van der Waals surface area contributed by atoms with E-state index in [2.05, 4.69) is 41.2 Å². The summed E-state index contributed by atoms with van der Waals surface area (Å²) in [5.41, 5.74) is 4.21. The summed E-state index contributed by atoms with van der Waals surface area (Å²) in [4.78, 5) is 6.28. The quantitative estimate of drug-likeness (QED) is 0.836. The summed E-state index contributed by atoms with van der Waals surface area (Å²) in [5.74, 6) is 1.01. The van der Waals surface area contributed by atoms with Crippen LogP contribution in [0.15, 0.2) is 24.4 Å². The van der Waals surface area contributed by atoms with Gasteiger partial charge in [0.2, 0.25) is 0 Å². The molecule has 2 fully saturated rings. The topological polar surface area (TPSA) is 19.0 Å². The lowest BCUT2D eigenvalue weighted by atomic mass is 9.78. The molecule has 0 spiro atoms. The van der Waals surface area contributed by atoms with E-state index in [9.17, 15) is 0 Å². The molecule has 4 rings (SSSR count). The summed E-state index contributed by atoms with van der Waals surface area (Å²) < 4.78 is 0. The molecule has 1 saturated carbocycles. The Morgan fingerprint density at radius 2 is 2.00 bits per heavy atom. The number of aromatic amines is 1. The van der Waals surface area contributed by atoms with Crippen LogP contribution in [0.4, 0.5) is 0 Å². The largest absolute Gasteiger partial charge is 0.361 e. The third kappa shape index (κ3) is 3.06. The SMILES string of the molecule is Cc1cccc2[nH]cc(CCCN3CCCC4CCCCC43)c12. The van der Waals surface area contributed by atoms with Crippen LogP contribution in [0, 0.1) is 12.8 Å². The highest BCUT2D eigenvalue weighted by atomic mass is 15.2. The van der Waals surface area contributed by atoms with E-state index in [0.717, 1.165) is 12.0 Å². The maximum absolute atomic E-state index is 3.45. The molecule has 124 valence electrons. The summed E-state index contributed by atoms with van der Waals surface area (Å²) in [7, 11) is 0. The van der Waals surface area contributed by atoms with Crippen molar-refractivity contribution in [3.63, 3.8) is 0 Å². The zero-order valence-electron chi connectivity index (χ0n) is 14.5. The summed E-state index contributed by atoms with van der Waals surface area (Å²) in [6.45, 7) is 4.87. The van der Waals surface area contributed by atoms with Crippen molar-refractivity contribution in [2.75, 3.05) is 13.1 Å². The number of hydrogen-bond donors (Lipinski definition) is 1. The van der Waals surface area contributed by atoms with Crippen molar-refractivity contribution in [2.24, 2.45) is 5.92 Å². The molecule has 2 unspecified atom stereocenters. The fourth-order valence-corrected chi connectivity index (χ4v) is 5.13. The van der Waals surface area contributed by atoms with E-state index in [1.807, 2.05) is 0 Å². The molecule has 23 heavy (non-hydrogen) atoms. The predicted molar refractivity (Wildman–Crippen MR) is 97.9 cm³/mol. The second-order valence-electron chi connectivity index (χ2n) is 7.71. The van der Waals surface area contributed by atoms with Gasteiger partial charge in [-0.1, -0.05) is 25.0 Å². The maximum atomic E-state index is 3.45. The van der Waals surface area contributed by atoms with E-state index in [1.165, 1.54) is 86.5 Å². The minimum absolute atomic E-state index is 0.905. The molecule has 2 heterocycles. The van der Waals surface area contributed by atoms with E-state index in [-0.39, 0.29) is 0 Å². The van der Waals surface area contributed by atoms with Crippen LogP contribution in [0.3, 0.4) is 0 Å². The average Bonchev–Trinajstić information content (AvgIpc) is 3.00. The number of aromatic nitrogens is 1. The van der Waals surface area contributed by atoms with Crippen molar-refractivity contribution >= 4 is 10.9 Å². The lowest BCUT2D eigenvalue weighted by Gasteiger charge is -2.44. The van der Waals surface area contributed by atoms with Crippen LogP contribution < -0.4 is 0 Å². The molecule has 1 aliphatic carbocycles. The fourth-order valence-electron chi connectivity index (χ4n) is 5.13. The van der Waals surface area contributed by atoms with E-state index in [0.29, 0.717) is 0 Å². The molecule has 2 heteroatoms. The molecule has 2 atom stereocenters. The summed E-state index contributed by atoms with van der Waals surface area (Å²) in [6, 6.07) is 7.48. The maximum Gasteiger partial charge on any atom is 0.0459 e. The number of aryl methyl sites for hydroxylation is 2. The Hall–Kier alpha value is -1.28. The van der Waals surface area contributed by atoms with Crippen LogP contribution >= 0.6 is 0 Å². The molecule has 2 aromatic rings. The Morgan fingerprint density at radius 3 is 2.96 bits per heavy atom. The van der Waals surface area contributed by atoms with Gasteiger partial charge in [-0.2, -0.15) is 0 Å². The van der Waals surface area contributed by atoms with Crippen LogP contribution in [0.2, 0.25) is 0 Å². The zero-order chi connectivity index (χ0) is 15.6. The van der Waals surface area contributed by atoms with E-state index in [4.69, 9.17) is 0 Å². The highest BCUT2D eigenvalue weighted by molar-refractivity contribution is 5.86. The van der Waals surface area contributed by atoms with Gasteiger partial charge in [0.05, 0.1) is 0 Å². The van der Waals surface area contributed by atoms with Gasteiger partial charge < -0.3 is 9.88 Å². The van der Waals surface area contributed by atoms with Gasteiger partial charge in [-0.25, -0.2) is 0 Å². The molecule has 1 N–H and O–H groups in total. The van der Waals surface area contributed by atoms with Gasteiger partial charge in [0, 0.05) is 23.1 Å². The van der Waals surface area contributed by atoms with Gasteiger partial charge in [0.25, 0.3) is 0 Å². The average molecular weight is 310 g/mol. The van der Waals surface area contributed by atoms with Gasteiger partial charge in [-0.05, 0) is 81.6 Å². The van der Waals surface area contributed by atoms with Crippen LogP contribution in [-0.4, -0.2) is 29.0 Å². The first-order valence-corrected chi connectivity index (χ1v) is 9.62. The first kappa shape index (κ1) is 15.3. The number of fused-ring (bicyclic) bond motifs is 2. The molecule has 0 radical (unpaired) electrons. The van der Waals surface area contributed by atoms with Gasteiger partial charge in [0.1, 0.15) is 0 Å². The molecule has 2 aliphatic rings. The highest BCUT2D eigenvalue weighted by Gasteiger charge is 2.32. The number of nitrogens with one attached hydrogen (secondary N) is 1. The summed E-state index contributed by atoms with van der Waals surface area (Å²) in [5, 5.41) is 1.46. The predicted octanol–water partition coefficient (Wildman–Crippen LogP) is 5.06. The van der Waals surface area contributed by atoms with E-state index >= 15 is 0 Å². The van der Waals surface area contributed by atoms with Crippen molar-refractivity contribution in [1.82, 2.24) is 9.88 Å². The molecule has 1 aliphatic heterocycles. The standard InChI is InChI=1S/C21H30N2/c1-16-7-4-11-19-21(16)18(15-22-19)10-6-14-23-13-5-9-17-8-2-3-12-20(17)23/h4,7,11,15,17,20,22H,2-3,5-6,8-10,12-14H2,1H3. The molecule has 0 amide bonds. The monoisotopic (exact) mass is 310 g/mol. The fraction of sp³-hybridized carbons (Fsp3) is 0.619. The first-order chi connectivity index (χ1) is 11.3. The number of H-pyrrole nitrogens is 1. The Balaban J connectivity index is 1.39. The number of rotatable bonds is 4. The van der Waals surface area contributed by atoms with E-state index in [1.54, 1.807) is 0 Å². The van der Waals surface area contributed by atoms with Gasteiger partial charge >= 0.3 is 0 Å². The van der Waals surface area contributed by atoms with Crippen LogP contribution in [0.5, 0.6) is 0 Å². The van der Waals surface area contributed by atoms with Gasteiger partial charge in [-0.3, -0.25) is 0 Å². The Bertz CT molecular complexity index is 655. The molecule has 1 saturated heterocycles. The molecule has 2 nitrogen and oxygen atoms in total. The first-order valence-electron chi connectivity index (χ1n) is 9.62. The third-order valence-corrected chi connectivity index (χ3v) is 6.25. The highest BCUT2D eigenvalue weighted by Crippen LogP contribution is 2.35.